The second kappa shape index (κ2) is 9.10. The van der Waals surface area contributed by atoms with Crippen LogP contribution >= 0.6 is 40.7 Å². The third kappa shape index (κ3) is 4.77. The van der Waals surface area contributed by atoms with Gasteiger partial charge in [0.05, 0.1) is 10.5 Å². The van der Waals surface area contributed by atoms with Crippen molar-refractivity contribution in [3.05, 3.63) is 34.1 Å². The highest BCUT2D eigenvalue weighted by molar-refractivity contribution is 9.10. The zero-order valence-corrected chi connectivity index (χ0v) is 13.7. The van der Waals surface area contributed by atoms with Gasteiger partial charge < -0.3 is 5.32 Å². The molecule has 1 aliphatic rings. The molecule has 0 radical (unpaired) electrons. The van der Waals surface area contributed by atoms with Crippen LogP contribution in [0.3, 0.4) is 0 Å². The van der Waals surface area contributed by atoms with Gasteiger partial charge in [-0.25, -0.2) is 13.2 Å². The van der Waals surface area contributed by atoms with Crippen molar-refractivity contribution in [2.75, 3.05) is 26.2 Å². The van der Waals surface area contributed by atoms with Gasteiger partial charge >= 0.3 is 0 Å². The molecule has 1 fully saturated rings. The highest BCUT2D eigenvalue weighted by Gasteiger charge is 2.30. The molecule has 8 heteroatoms. The molecule has 0 spiro atoms. The molecule has 0 aliphatic carbocycles. The fourth-order valence-corrected chi connectivity index (χ4v) is 2.42. The molecule has 2 rings (SSSR count). The Labute approximate surface area is 137 Å². The van der Waals surface area contributed by atoms with Gasteiger partial charge in [-0.3, -0.25) is 4.90 Å². The summed E-state index contributed by atoms with van der Waals surface area (Å²) >= 11 is 3.03. The summed E-state index contributed by atoms with van der Waals surface area (Å²) in [5.74, 6) is -0.506. The Balaban J connectivity index is 0.00000180. The summed E-state index contributed by atoms with van der Waals surface area (Å²) in [6, 6.07) is 3.17. The fraction of sp³-hybridized carbons (Fsp3) is 0.500. The molecule has 116 valence electrons. The average Bonchev–Trinajstić information content (AvgIpc) is 2.35. The zero-order chi connectivity index (χ0) is 13.1. The summed E-state index contributed by atoms with van der Waals surface area (Å²) in [6.07, 6.45) is -2.52. The Hall–Kier alpha value is -0.0100. The molecular weight excluding hydrogens is 380 g/mol. The number of alkyl halides is 2. The molecule has 0 amide bonds. The number of hydrogen-bond acceptors (Lipinski definition) is 2. The van der Waals surface area contributed by atoms with Crippen LogP contribution in [-0.4, -0.2) is 37.5 Å². The molecule has 1 atom stereocenters. The zero-order valence-electron chi connectivity index (χ0n) is 10.5. The summed E-state index contributed by atoms with van der Waals surface area (Å²) in [4.78, 5) is 1.70. The van der Waals surface area contributed by atoms with Gasteiger partial charge in [0.15, 0.2) is 0 Å². The van der Waals surface area contributed by atoms with E-state index in [1.54, 1.807) is 11.0 Å². The van der Waals surface area contributed by atoms with Crippen LogP contribution in [-0.2, 0) is 0 Å². The van der Waals surface area contributed by atoms with E-state index in [2.05, 4.69) is 21.2 Å². The minimum atomic E-state index is -2.52. The first-order chi connectivity index (χ1) is 8.59. The van der Waals surface area contributed by atoms with Gasteiger partial charge in [-0.05, 0) is 33.6 Å². The predicted molar refractivity (Wildman–Crippen MR) is 81.8 cm³/mol. The monoisotopic (exact) mass is 394 g/mol. The van der Waals surface area contributed by atoms with Crippen molar-refractivity contribution < 1.29 is 13.2 Å². The lowest BCUT2D eigenvalue weighted by Gasteiger charge is -2.34. The SMILES string of the molecule is Cl.Cl.Fc1cc([C@@H](C(F)F)N2CCNCC2)ccc1Br. The molecule has 0 saturated carbocycles. The van der Waals surface area contributed by atoms with Gasteiger partial charge in [0, 0.05) is 26.2 Å². The Morgan fingerprint density at radius 1 is 1.15 bits per heavy atom. The molecule has 1 aromatic carbocycles. The lowest BCUT2D eigenvalue weighted by Crippen LogP contribution is -2.46. The van der Waals surface area contributed by atoms with Gasteiger partial charge in [-0.1, -0.05) is 6.07 Å². The largest absolute Gasteiger partial charge is 0.314 e. The molecule has 0 bridgehead atoms. The Morgan fingerprint density at radius 2 is 1.75 bits per heavy atom. The summed E-state index contributed by atoms with van der Waals surface area (Å²) in [7, 11) is 0. The first kappa shape index (κ1) is 20.0. The van der Waals surface area contributed by atoms with E-state index in [-0.39, 0.29) is 24.8 Å². The smallest absolute Gasteiger partial charge is 0.258 e. The summed E-state index contributed by atoms with van der Waals surface area (Å²) in [6.45, 7) is 2.46. The molecule has 1 aromatic rings. The maximum absolute atomic E-state index is 13.4. The minimum Gasteiger partial charge on any atom is -0.314 e. The number of hydrogen-bond donors (Lipinski definition) is 1. The molecule has 0 aromatic heterocycles. The number of halogens is 6. The van der Waals surface area contributed by atoms with Gasteiger partial charge in [-0.15, -0.1) is 24.8 Å². The van der Waals surface area contributed by atoms with Crippen molar-refractivity contribution in [2.45, 2.75) is 12.5 Å². The number of benzene rings is 1. The molecule has 20 heavy (non-hydrogen) atoms. The third-order valence-electron chi connectivity index (χ3n) is 3.07. The average molecular weight is 396 g/mol. The standard InChI is InChI=1S/C12H14BrF3N2.2ClH/c13-9-2-1-8(7-10(9)14)11(12(15)16)18-5-3-17-4-6-18;;/h1-2,7,11-12,17H,3-6H2;2*1H/t11-;;/m0../s1. The van der Waals surface area contributed by atoms with Crippen molar-refractivity contribution >= 4 is 40.7 Å². The molecule has 0 unspecified atom stereocenters. The Bertz CT molecular complexity index is 418. The predicted octanol–water partition coefficient (Wildman–Crippen LogP) is 3.64. The van der Waals surface area contributed by atoms with Gasteiger partial charge in [0.25, 0.3) is 6.43 Å². The number of nitrogens with one attached hydrogen (secondary N) is 1. The second-order valence-corrected chi connectivity index (χ2v) is 5.09. The third-order valence-corrected chi connectivity index (χ3v) is 3.71. The van der Waals surface area contributed by atoms with Crippen LogP contribution in [0.1, 0.15) is 11.6 Å². The second-order valence-electron chi connectivity index (χ2n) is 4.24. The lowest BCUT2D eigenvalue weighted by atomic mass is 10.0. The van der Waals surface area contributed by atoms with Crippen molar-refractivity contribution in [1.29, 1.82) is 0 Å². The van der Waals surface area contributed by atoms with Gasteiger partial charge in [0.2, 0.25) is 0 Å². The highest BCUT2D eigenvalue weighted by atomic mass is 79.9. The van der Waals surface area contributed by atoms with Crippen molar-refractivity contribution in [1.82, 2.24) is 10.2 Å². The van der Waals surface area contributed by atoms with E-state index in [0.29, 0.717) is 36.2 Å². The van der Waals surface area contributed by atoms with E-state index in [9.17, 15) is 13.2 Å². The van der Waals surface area contributed by atoms with Crippen LogP contribution in [0.4, 0.5) is 13.2 Å². The van der Waals surface area contributed by atoms with Gasteiger partial charge in [0.1, 0.15) is 5.82 Å². The van der Waals surface area contributed by atoms with Crippen LogP contribution in [0.2, 0.25) is 0 Å². The quantitative estimate of drug-likeness (QED) is 0.840. The Morgan fingerprint density at radius 3 is 2.25 bits per heavy atom. The minimum absolute atomic E-state index is 0. The Kier molecular flexibility index (Phi) is 9.09. The summed E-state index contributed by atoms with van der Waals surface area (Å²) < 4.78 is 40.1. The van der Waals surface area contributed by atoms with E-state index in [1.165, 1.54) is 12.1 Å². The number of piperazine rings is 1. The topological polar surface area (TPSA) is 15.3 Å². The normalized spacial score (nSPS) is 17.2. The van der Waals surface area contributed by atoms with Crippen molar-refractivity contribution in [3.63, 3.8) is 0 Å². The number of nitrogens with zero attached hydrogens (tertiary/aromatic N) is 1. The van der Waals surface area contributed by atoms with Crippen LogP contribution in [0.25, 0.3) is 0 Å². The van der Waals surface area contributed by atoms with Gasteiger partial charge in [-0.2, -0.15) is 0 Å². The summed E-state index contributed by atoms with van der Waals surface area (Å²) in [5.41, 5.74) is 0.326. The molecular formula is C12H16BrCl2F3N2. The number of rotatable bonds is 3. The van der Waals surface area contributed by atoms with Crippen LogP contribution in [0.15, 0.2) is 22.7 Å². The first-order valence-corrected chi connectivity index (χ1v) is 6.57. The lowest BCUT2D eigenvalue weighted by molar-refractivity contribution is 0.0180. The molecule has 1 saturated heterocycles. The van der Waals surface area contributed by atoms with E-state index in [4.69, 9.17) is 0 Å². The molecule has 1 N–H and O–H groups in total. The summed E-state index contributed by atoms with van der Waals surface area (Å²) in [5, 5.41) is 3.11. The van der Waals surface area contributed by atoms with Crippen molar-refractivity contribution in [2.24, 2.45) is 0 Å². The maximum Gasteiger partial charge on any atom is 0.258 e. The highest BCUT2D eigenvalue weighted by Crippen LogP contribution is 2.30. The van der Waals surface area contributed by atoms with E-state index in [0.717, 1.165) is 0 Å². The van der Waals surface area contributed by atoms with Crippen LogP contribution in [0, 0.1) is 5.82 Å². The molecule has 2 nitrogen and oxygen atoms in total. The molecule has 1 aliphatic heterocycles. The van der Waals surface area contributed by atoms with Crippen LogP contribution < -0.4 is 5.32 Å². The maximum atomic E-state index is 13.4. The first-order valence-electron chi connectivity index (χ1n) is 5.77. The van der Waals surface area contributed by atoms with E-state index < -0.39 is 18.3 Å². The van der Waals surface area contributed by atoms with Crippen molar-refractivity contribution in [3.8, 4) is 0 Å². The molecule has 1 heterocycles. The van der Waals surface area contributed by atoms with E-state index in [1.807, 2.05) is 0 Å². The van der Waals surface area contributed by atoms with E-state index >= 15 is 0 Å². The fourth-order valence-electron chi connectivity index (χ4n) is 2.17. The van der Waals surface area contributed by atoms with Crippen LogP contribution in [0.5, 0.6) is 0 Å².